The smallest absolute Gasteiger partial charge is 0.351 e. The number of rotatable bonds is 8. The Hall–Kier alpha value is -3.24. The number of amides is 1. The summed E-state index contributed by atoms with van der Waals surface area (Å²) in [6, 6.07) is 16.3. The van der Waals surface area contributed by atoms with Crippen LogP contribution in [0, 0.1) is 5.82 Å². The van der Waals surface area contributed by atoms with Crippen LogP contribution < -0.4 is 10.0 Å². The van der Waals surface area contributed by atoms with Crippen molar-refractivity contribution in [3.05, 3.63) is 101 Å². The van der Waals surface area contributed by atoms with Crippen molar-refractivity contribution in [3.63, 3.8) is 0 Å². The van der Waals surface area contributed by atoms with Crippen LogP contribution in [0.4, 0.5) is 17.6 Å². The van der Waals surface area contributed by atoms with Crippen molar-refractivity contribution in [2.45, 2.75) is 30.1 Å². The topological polar surface area (TPSA) is 75.3 Å². The van der Waals surface area contributed by atoms with Crippen LogP contribution in [0.3, 0.4) is 0 Å². The summed E-state index contributed by atoms with van der Waals surface area (Å²) in [6.07, 6.45) is -4.50. The highest BCUT2D eigenvalue weighted by Crippen LogP contribution is 2.29. The number of halogens is 4. The first kappa shape index (κ1) is 24.4. The molecular weight excluding hydrogens is 460 g/mol. The lowest BCUT2D eigenvalue weighted by Crippen LogP contribution is -2.47. The van der Waals surface area contributed by atoms with Crippen LogP contribution in [-0.4, -0.2) is 20.4 Å². The highest BCUT2D eigenvalue weighted by Gasteiger charge is 2.30. The SMILES string of the molecule is O=C(NCc1ccc(C(F)(F)F)cc1)[C@H](Cc1ccccc1)NS(=O)(=O)c1ccccc1F. The summed E-state index contributed by atoms with van der Waals surface area (Å²) in [5.41, 5.74) is 0.229. The average Bonchev–Trinajstić information content (AvgIpc) is 2.77. The number of hydrogen-bond acceptors (Lipinski definition) is 3. The van der Waals surface area contributed by atoms with E-state index in [2.05, 4.69) is 10.0 Å². The molecular formula is C23H20F4N2O3S. The minimum absolute atomic E-state index is 0.0205. The molecule has 0 aromatic heterocycles. The van der Waals surface area contributed by atoms with Crippen LogP contribution in [0.25, 0.3) is 0 Å². The largest absolute Gasteiger partial charge is 0.416 e. The van der Waals surface area contributed by atoms with Crippen LogP contribution in [0.1, 0.15) is 16.7 Å². The van der Waals surface area contributed by atoms with Gasteiger partial charge in [-0.25, -0.2) is 12.8 Å². The van der Waals surface area contributed by atoms with Crippen LogP contribution >= 0.6 is 0 Å². The predicted octanol–water partition coefficient (Wildman–Crippen LogP) is 4.05. The van der Waals surface area contributed by atoms with Crippen molar-refractivity contribution in [1.82, 2.24) is 10.0 Å². The summed E-state index contributed by atoms with van der Waals surface area (Å²) in [6.45, 7) is -0.121. The van der Waals surface area contributed by atoms with Gasteiger partial charge in [0.2, 0.25) is 15.9 Å². The Morgan fingerprint density at radius 1 is 0.848 bits per heavy atom. The van der Waals surface area contributed by atoms with Gasteiger partial charge in [-0.05, 0) is 41.8 Å². The fourth-order valence-electron chi connectivity index (χ4n) is 3.08. The van der Waals surface area contributed by atoms with Gasteiger partial charge in [0.05, 0.1) is 5.56 Å². The van der Waals surface area contributed by atoms with E-state index in [0.29, 0.717) is 11.1 Å². The van der Waals surface area contributed by atoms with E-state index in [1.807, 2.05) is 0 Å². The van der Waals surface area contributed by atoms with Crippen molar-refractivity contribution in [3.8, 4) is 0 Å². The van der Waals surface area contributed by atoms with E-state index in [0.717, 1.165) is 24.3 Å². The molecule has 3 rings (SSSR count). The van der Waals surface area contributed by atoms with Gasteiger partial charge in [-0.3, -0.25) is 4.79 Å². The first-order chi connectivity index (χ1) is 15.6. The predicted molar refractivity (Wildman–Crippen MR) is 114 cm³/mol. The van der Waals surface area contributed by atoms with Gasteiger partial charge in [0, 0.05) is 6.54 Å². The lowest BCUT2D eigenvalue weighted by molar-refractivity contribution is -0.137. The van der Waals surface area contributed by atoms with Crippen LogP contribution in [0.15, 0.2) is 83.8 Å². The van der Waals surface area contributed by atoms with Gasteiger partial charge in [-0.2, -0.15) is 17.9 Å². The zero-order valence-corrected chi connectivity index (χ0v) is 18.0. The summed E-state index contributed by atoms with van der Waals surface area (Å²) < 4.78 is 79.9. The van der Waals surface area contributed by atoms with Gasteiger partial charge < -0.3 is 5.32 Å². The molecule has 1 atom stereocenters. The summed E-state index contributed by atoms with van der Waals surface area (Å²) in [4.78, 5) is 12.2. The molecule has 0 aliphatic heterocycles. The third kappa shape index (κ3) is 6.62. The lowest BCUT2D eigenvalue weighted by atomic mass is 10.1. The van der Waals surface area contributed by atoms with Crippen LogP contribution in [0.5, 0.6) is 0 Å². The second-order valence-electron chi connectivity index (χ2n) is 7.21. The minimum atomic E-state index is -4.48. The van der Waals surface area contributed by atoms with E-state index < -0.39 is 44.4 Å². The summed E-state index contributed by atoms with van der Waals surface area (Å²) >= 11 is 0. The molecule has 0 radical (unpaired) electrons. The zero-order chi connectivity index (χ0) is 24.1. The number of hydrogen-bond donors (Lipinski definition) is 2. The molecule has 0 saturated carbocycles. The fourth-order valence-corrected chi connectivity index (χ4v) is 4.35. The molecule has 174 valence electrons. The Morgan fingerprint density at radius 2 is 1.45 bits per heavy atom. The molecule has 33 heavy (non-hydrogen) atoms. The van der Waals surface area contributed by atoms with Gasteiger partial charge in [0.15, 0.2) is 0 Å². The molecule has 0 bridgehead atoms. The number of carbonyl (C=O) groups excluding carboxylic acids is 1. The van der Waals surface area contributed by atoms with Crippen molar-refractivity contribution < 1.29 is 30.8 Å². The third-order valence-corrected chi connectivity index (χ3v) is 6.28. The number of benzene rings is 3. The van der Waals surface area contributed by atoms with E-state index in [9.17, 15) is 30.8 Å². The Balaban J connectivity index is 1.77. The third-order valence-electron chi connectivity index (χ3n) is 4.77. The molecule has 3 aromatic rings. The lowest BCUT2D eigenvalue weighted by Gasteiger charge is -2.19. The molecule has 0 spiro atoms. The van der Waals surface area contributed by atoms with E-state index in [4.69, 9.17) is 0 Å². The molecule has 0 unspecified atom stereocenters. The molecule has 2 N–H and O–H groups in total. The molecule has 0 aliphatic rings. The first-order valence-corrected chi connectivity index (χ1v) is 11.3. The van der Waals surface area contributed by atoms with E-state index in [1.54, 1.807) is 30.3 Å². The maximum Gasteiger partial charge on any atom is 0.416 e. The average molecular weight is 480 g/mol. The van der Waals surface area contributed by atoms with Gasteiger partial charge in [-0.1, -0.05) is 54.6 Å². The number of sulfonamides is 1. The van der Waals surface area contributed by atoms with Gasteiger partial charge in [-0.15, -0.1) is 0 Å². The minimum Gasteiger partial charge on any atom is -0.351 e. The molecule has 0 heterocycles. The number of carbonyl (C=O) groups is 1. The Morgan fingerprint density at radius 3 is 2.06 bits per heavy atom. The van der Waals surface area contributed by atoms with Gasteiger partial charge >= 0.3 is 6.18 Å². The highest BCUT2D eigenvalue weighted by atomic mass is 32.2. The van der Waals surface area contributed by atoms with Crippen molar-refractivity contribution in [2.75, 3.05) is 0 Å². The summed E-state index contributed by atoms with van der Waals surface area (Å²) in [7, 11) is -4.37. The molecule has 1 amide bonds. The normalized spacial score (nSPS) is 12.8. The first-order valence-electron chi connectivity index (χ1n) is 9.81. The molecule has 0 saturated heterocycles. The maximum absolute atomic E-state index is 14.0. The monoisotopic (exact) mass is 480 g/mol. The Bertz CT molecular complexity index is 1200. The Kier molecular flexibility index (Phi) is 7.50. The summed E-state index contributed by atoms with van der Waals surface area (Å²) in [5, 5.41) is 2.53. The quantitative estimate of drug-likeness (QED) is 0.478. The molecule has 10 heteroatoms. The van der Waals surface area contributed by atoms with Crippen molar-refractivity contribution in [2.24, 2.45) is 0 Å². The second-order valence-corrected chi connectivity index (χ2v) is 8.89. The van der Waals surface area contributed by atoms with E-state index >= 15 is 0 Å². The molecule has 3 aromatic carbocycles. The molecule has 5 nitrogen and oxygen atoms in total. The second kappa shape index (κ2) is 10.1. The molecule has 0 aliphatic carbocycles. The number of alkyl halides is 3. The van der Waals surface area contributed by atoms with E-state index in [-0.39, 0.29) is 13.0 Å². The standard InChI is InChI=1S/C23H20F4N2O3S/c24-19-8-4-5-9-21(19)33(31,32)29-20(14-16-6-2-1-3-7-16)22(30)28-15-17-10-12-18(13-11-17)23(25,26)27/h1-13,20,29H,14-15H2,(H,28,30)/t20-/m0/s1. The summed E-state index contributed by atoms with van der Waals surface area (Å²) in [5.74, 6) is -1.67. The molecule has 0 fully saturated rings. The van der Waals surface area contributed by atoms with E-state index in [1.165, 1.54) is 24.3 Å². The van der Waals surface area contributed by atoms with Crippen LogP contribution in [-0.2, 0) is 34.0 Å². The van der Waals surface area contributed by atoms with Crippen molar-refractivity contribution in [1.29, 1.82) is 0 Å². The van der Waals surface area contributed by atoms with Crippen molar-refractivity contribution >= 4 is 15.9 Å². The highest BCUT2D eigenvalue weighted by molar-refractivity contribution is 7.89. The fraction of sp³-hybridized carbons (Fsp3) is 0.174. The zero-order valence-electron chi connectivity index (χ0n) is 17.1. The number of nitrogens with one attached hydrogen (secondary N) is 2. The van der Waals surface area contributed by atoms with Gasteiger partial charge in [0.25, 0.3) is 0 Å². The van der Waals surface area contributed by atoms with Crippen LogP contribution in [0.2, 0.25) is 0 Å². The van der Waals surface area contributed by atoms with Gasteiger partial charge in [0.1, 0.15) is 16.8 Å². The maximum atomic E-state index is 14.0. The Labute approximate surface area is 188 Å².